The summed E-state index contributed by atoms with van der Waals surface area (Å²) in [5.74, 6) is 0.107. The van der Waals surface area contributed by atoms with Crippen LogP contribution in [0.5, 0.6) is 11.8 Å². The lowest BCUT2D eigenvalue weighted by Gasteiger charge is -2.06. The van der Waals surface area contributed by atoms with E-state index in [4.69, 9.17) is 16.3 Å². The molecule has 0 spiro atoms. The summed E-state index contributed by atoms with van der Waals surface area (Å²) in [5.41, 5.74) is 0. The molecule has 1 aromatic carbocycles. The summed E-state index contributed by atoms with van der Waals surface area (Å²) in [6.07, 6.45) is 4.74. The summed E-state index contributed by atoms with van der Waals surface area (Å²) in [5, 5.41) is -0.0323. The second-order valence-electron chi connectivity index (χ2n) is 3.72. The molecule has 0 radical (unpaired) electrons. The van der Waals surface area contributed by atoms with E-state index >= 15 is 0 Å². The van der Waals surface area contributed by atoms with Crippen molar-refractivity contribution in [3.63, 3.8) is 0 Å². The van der Waals surface area contributed by atoms with Crippen LogP contribution < -0.4 is 4.74 Å². The molecule has 0 aliphatic rings. The fraction of sp³-hybridized carbons (Fsp3) is 0. The van der Waals surface area contributed by atoms with Crippen LogP contribution in [-0.4, -0.2) is 24.5 Å². The Kier molecular flexibility index (Phi) is 3.26. The van der Waals surface area contributed by atoms with Gasteiger partial charge < -0.3 is 4.74 Å². The maximum absolute atomic E-state index is 13.1. The number of rotatable bonds is 3. The molecule has 2 aromatic heterocycles. The average molecular weight is 292 g/mol. The molecule has 20 heavy (non-hydrogen) atoms. The van der Waals surface area contributed by atoms with Gasteiger partial charge in [0.05, 0.1) is 0 Å². The molecule has 0 saturated heterocycles. The van der Waals surface area contributed by atoms with Crippen molar-refractivity contribution in [3.8, 4) is 17.7 Å². The number of nitrogens with zero attached hydrogens (tertiary/aromatic N) is 5. The van der Waals surface area contributed by atoms with Crippen LogP contribution in [0.25, 0.3) is 5.95 Å². The molecule has 8 heteroatoms. The van der Waals surface area contributed by atoms with E-state index in [9.17, 15) is 4.39 Å². The van der Waals surface area contributed by atoms with Crippen LogP contribution in [0.2, 0.25) is 5.28 Å². The van der Waals surface area contributed by atoms with Gasteiger partial charge in [-0.05, 0) is 23.7 Å². The lowest BCUT2D eigenvalue weighted by molar-refractivity contribution is 0.434. The minimum Gasteiger partial charge on any atom is -0.424 e. The Morgan fingerprint density at radius 2 is 2.10 bits per heavy atom. The quantitative estimate of drug-likeness (QED) is 0.742. The third-order valence-electron chi connectivity index (χ3n) is 2.32. The van der Waals surface area contributed by atoms with E-state index in [1.165, 1.54) is 24.5 Å². The van der Waals surface area contributed by atoms with Gasteiger partial charge in [0.25, 0.3) is 0 Å². The topological polar surface area (TPSA) is 65.7 Å². The Labute approximate surface area is 117 Å². The highest BCUT2D eigenvalue weighted by Gasteiger charge is 2.09. The molecule has 0 N–H and O–H groups in total. The Morgan fingerprint density at radius 3 is 2.85 bits per heavy atom. The summed E-state index contributed by atoms with van der Waals surface area (Å²) in [6.45, 7) is 0. The Morgan fingerprint density at radius 1 is 1.20 bits per heavy atom. The number of benzene rings is 1. The number of halogens is 2. The Balaban J connectivity index is 1.94. The lowest BCUT2D eigenvalue weighted by Crippen LogP contribution is -2.03. The van der Waals surface area contributed by atoms with Gasteiger partial charge in [0.2, 0.25) is 11.2 Å². The molecule has 0 amide bonds. The molecule has 3 rings (SSSR count). The molecule has 0 saturated carbocycles. The molecule has 2 heterocycles. The maximum atomic E-state index is 13.1. The second-order valence-corrected chi connectivity index (χ2v) is 4.05. The highest BCUT2D eigenvalue weighted by molar-refractivity contribution is 6.28. The zero-order valence-electron chi connectivity index (χ0n) is 9.94. The monoisotopic (exact) mass is 291 g/mol. The standard InChI is InChI=1S/C12H7ClFN5O/c13-10-16-11(19-5-4-15-7-19)18-12(17-10)20-9-3-1-2-8(14)6-9/h1-7H. The molecule has 0 aliphatic carbocycles. The van der Waals surface area contributed by atoms with Gasteiger partial charge in [0.1, 0.15) is 17.9 Å². The number of hydrogen-bond donors (Lipinski definition) is 0. The first-order valence-electron chi connectivity index (χ1n) is 5.54. The van der Waals surface area contributed by atoms with Gasteiger partial charge in [-0.25, -0.2) is 9.37 Å². The van der Waals surface area contributed by atoms with Crippen LogP contribution in [0.1, 0.15) is 0 Å². The largest absolute Gasteiger partial charge is 0.424 e. The van der Waals surface area contributed by atoms with Gasteiger partial charge >= 0.3 is 6.01 Å². The molecule has 6 nitrogen and oxygen atoms in total. The number of imidazole rings is 1. The minimum absolute atomic E-state index is 0.0284. The first-order valence-corrected chi connectivity index (χ1v) is 5.92. The van der Waals surface area contributed by atoms with E-state index in [2.05, 4.69) is 19.9 Å². The van der Waals surface area contributed by atoms with Crippen molar-refractivity contribution in [2.75, 3.05) is 0 Å². The molecule has 0 bridgehead atoms. The van der Waals surface area contributed by atoms with Crippen LogP contribution in [0.4, 0.5) is 4.39 Å². The predicted octanol–water partition coefficient (Wildman–Crippen LogP) is 2.64. The summed E-state index contributed by atoms with van der Waals surface area (Å²) < 4.78 is 20.0. The molecular formula is C12H7ClFN5O. The van der Waals surface area contributed by atoms with Crippen LogP contribution in [0.3, 0.4) is 0 Å². The van der Waals surface area contributed by atoms with Crippen LogP contribution in [0, 0.1) is 5.82 Å². The smallest absolute Gasteiger partial charge is 0.328 e. The normalized spacial score (nSPS) is 10.5. The van der Waals surface area contributed by atoms with E-state index in [1.54, 1.807) is 23.0 Å². The number of aromatic nitrogens is 5. The van der Waals surface area contributed by atoms with Gasteiger partial charge in [-0.1, -0.05) is 6.07 Å². The van der Waals surface area contributed by atoms with Crippen LogP contribution >= 0.6 is 11.6 Å². The molecule has 100 valence electrons. The first kappa shape index (κ1) is 12.5. The maximum Gasteiger partial charge on any atom is 0.328 e. The Hall–Kier alpha value is -2.54. The fourth-order valence-corrected chi connectivity index (χ4v) is 1.64. The van der Waals surface area contributed by atoms with Gasteiger partial charge in [0.15, 0.2) is 0 Å². The molecule has 3 aromatic rings. The molecular weight excluding hydrogens is 285 g/mol. The molecule has 0 fully saturated rings. The summed E-state index contributed by atoms with van der Waals surface area (Å²) in [6, 6.07) is 5.60. The van der Waals surface area contributed by atoms with Crippen LogP contribution in [-0.2, 0) is 0 Å². The van der Waals surface area contributed by atoms with Crippen molar-refractivity contribution in [2.45, 2.75) is 0 Å². The third kappa shape index (κ3) is 2.72. The van der Waals surface area contributed by atoms with Gasteiger partial charge in [-0.15, -0.1) is 0 Å². The molecule has 0 unspecified atom stereocenters. The van der Waals surface area contributed by atoms with Gasteiger partial charge in [0, 0.05) is 18.5 Å². The SMILES string of the molecule is Fc1cccc(Oc2nc(Cl)nc(-n3ccnc3)n2)c1. The highest BCUT2D eigenvalue weighted by Crippen LogP contribution is 2.20. The van der Waals surface area contributed by atoms with Crippen molar-refractivity contribution in [1.29, 1.82) is 0 Å². The van der Waals surface area contributed by atoms with E-state index in [0.29, 0.717) is 0 Å². The third-order valence-corrected chi connectivity index (χ3v) is 2.49. The number of hydrogen-bond acceptors (Lipinski definition) is 5. The van der Waals surface area contributed by atoms with E-state index < -0.39 is 5.82 Å². The Bertz CT molecular complexity index is 734. The van der Waals surface area contributed by atoms with Gasteiger partial charge in [-0.3, -0.25) is 4.57 Å². The van der Waals surface area contributed by atoms with E-state index in [0.717, 1.165) is 0 Å². The second kappa shape index (κ2) is 5.22. The molecule has 0 atom stereocenters. The van der Waals surface area contributed by atoms with Crippen molar-refractivity contribution in [3.05, 3.63) is 54.1 Å². The fourth-order valence-electron chi connectivity index (χ4n) is 1.50. The zero-order chi connectivity index (χ0) is 13.9. The van der Waals surface area contributed by atoms with Crippen molar-refractivity contribution in [1.82, 2.24) is 24.5 Å². The summed E-state index contributed by atoms with van der Waals surface area (Å²) in [4.78, 5) is 15.7. The summed E-state index contributed by atoms with van der Waals surface area (Å²) >= 11 is 5.81. The highest BCUT2D eigenvalue weighted by atomic mass is 35.5. The molecule has 0 aliphatic heterocycles. The first-order chi connectivity index (χ1) is 9.70. The summed E-state index contributed by atoms with van der Waals surface area (Å²) in [7, 11) is 0. The van der Waals surface area contributed by atoms with Crippen LogP contribution in [0.15, 0.2) is 43.0 Å². The minimum atomic E-state index is -0.419. The van der Waals surface area contributed by atoms with E-state index in [1.807, 2.05) is 0 Å². The zero-order valence-corrected chi connectivity index (χ0v) is 10.7. The number of ether oxygens (including phenoxy) is 1. The van der Waals surface area contributed by atoms with Crippen molar-refractivity contribution in [2.24, 2.45) is 0 Å². The average Bonchev–Trinajstić information content (AvgIpc) is 2.91. The predicted molar refractivity (Wildman–Crippen MR) is 68.4 cm³/mol. The van der Waals surface area contributed by atoms with E-state index in [-0.39, 0.29) is 23.0 Å². The lowest BCUT2D eigenvalue weighted by atomic mass is 10.3. The van der Waals surface area contributed by atoms with Crippen molar-refractivity contribution < 1.29 is 9.13 Å². The van der Waals surface area contributed by atoms with Gasteiger partial charge in [-0.2, -0.15) is 15.0 Å². The van der Waals surface area contributed by atoms with Crippen molar-refractivity contribution >= 4 is 11.6 Å².